The van der Waals surface area contributed by atoms with Crippen LogP contribution in [0.25, 0.3) is 11.0 Å². The highest BCUT2D eigenvalue weighted by Gasteiger charge is 2.36. The highest BCUT2D eigenvalue weighted by atomic mass is 19.3. The number of imidazole rings is 1. The number of hydrogen-bond donors (Lipinski definition) is 2. The Labute approximate surface area is 201 Å². The Balaban J connectivity index is 1.69. The van der Waals surface area contributed by atoms with Gasteiger partial charge in [0.25, 0.3) is 5.91 Å². The molecule has 0 aliphatic carbocycles. The van der Waals surface area contributed by atoms with Crippen LogP contribution < -0.4 is 15.4 Å². The number of allylic oxidation sites excluding steroid dienone is 1. The van der Waals surface area contributed by atoms with E-state index in [0.29, 0.717) is 28.5 Å². The van der Waals surface area contributed by atoms with Crippen molar-refractivity contribution in [1.82, 2.24) is 9.55 Å². The summed E-state index contributed by atoms with van der Waals surface area (Å²) in [5.74, 6) is 0.175. The largest absolute Gasteiger partial charge is 0.434 e. The summed E-state index contributed by atoms with van der Waals surface area (Å²) in [6.07, 6.45) is 0. The van der Waals surface area contributed by atoms with Crippen molar-refractivity contribution in [2.24, 2.45) is 0 Å². The summed E-state index contributed by atoms with van der Waals surface area (Å²) in [6, 6.07) is 19.1. The summed E-state index contributed by atoms with van der Waals surface area (Å²) in [4.78, 5) is 18.4. The summed E-state index contributed by atoms with van der Waals surface area (Å²) in [5.41, 5.74) is 5.56. The fourth-order valence-electron chi connectivity index (χ4n) is 4.61. The average Bonchev–Trinajstić information content (AvgIpc) is 3.18. The number of aromatic nitrogens is 2. The summed E-state index contributed by atoms with van der Waals surface area (Å²) < 4.78 is 33.3. The lowest BCUT2D eigenvalue weighted by Gasteiger charge is -2.31. The van der Waals surface area contributed by atoms with Gasteiger partial charge in [-0.1, -0.05) is 48.0 Å². The minimum atomic E-state index is -3.01. The Morgan fingerprint density at radius 2 is 1.80 bits per heavy atom. The van der Waals surface area contributed by atoms with Crippen LogP contribution in [0.15, 0.2) is 78.0 Å². The smallest absolute Gasteiger partial charge is 0.387 e. The maximum absolute atomic E-state index is 13.8. The van der Waals surface area contributed by atoms with Crippen molar-refractivity contribution in [2.75, 3.05) is 10.6 Å². The lowest BCUT2D eigenvalue weighted by molar-refractivity contribution is -0.113. The van der Waals surface area contributed by atoms with Gasteiger partial charge >= 0.3 is 6.61 Å². The number of carbonyl (C=O) groups is 1. The molecule has 6 nitrogen and oxygen atoms in total. The molecule has 1 atom stereocenters. The zero-order valence-electron chi connectivity index (χ0n) is 19.5. The molecule has 1 aliphatic heterocycles. The van der Waals surface area contributed by atoms with Gasteiger partial charge in [0.05, 0.1) is 22.6 Å². The van der Waals surface area contributed by atoms with E-state index in [1.165, 1.54) is 6.07 Å². The van der Waals surface area contributed by atoms with Gasteiger partial charge in [-0.3, -0.25) is 9.36 Å². The molecule has 0 fully saturated rings. The molecule has 1 aliphatic rings. The predicted molar refractivity (Wildman–Crippen MR) is 132 cm³/mol. The molecule has 0 bridgehead atoms. The number of nitrogens with one attached hydrogen (secondary N) is 2. The number of carbonyl (C=O) groups excluding carboxylic acids is 1. The number of para-hydroxylation sites is 3. The number of anilines is 2. The van der Waals surface area contributed by atoms with Crippen molar-refractivity contribution in [3.63, 3.8) is 0 Å². The van der Waals surface area contributed by atoms with E-state index in [1.54, 1.807) is 25.1 Å². The van der Waals surface area contributed by atoms with Crippen LogP contribution in [-0.2, 0) is 4.79 Å². The Morgan fingerprint density at radius 3 is 2.57 bits per heavy atom. The quantitative estimate of drug-likeness (QED) is 0.362. The minimum absolute atomic E-state index is 0.00254. The molecule has 4 aromatic rings. The highest BCUT2D eigenvalue weighted by Crippen LogP contribution is 2.42. The van der Waals surface area contributed by atoms with E-state index in [2.05, 4.69) is 15.6 Å². The molecule has 2 heterocycles. The number of hydrogen-bond acceptors (Lipinski definition) is 4. The van der Waals surface area contributed by atoms with Gasteiger partial charge in [0.15, 0.2) is 0 Å². The standard InChI is InChI=1S/C27H24F2N4O2/c1-15-12-13-19(16(2)14-15)31-25(34)23-17(3)30-27-32-20-9-5-6-10-21(20)33(27)24(23)18-8-4-7-11-22(18)35-26(28)29/h4-14,24,26H,1-3H3,(H,30,32)(H,31,34)/t24-/m1/s1. The molecule has 2 N–H and O–H groups in total. The third-order valence-corrected chi connectivity index (χ3v) is 6.14. The number of ether oxygens (including phenoxy) is 1. The zero-order valence-corrected chi connectivity index (χ0v) is 19.5. The Kier molecular flexibility index (Phi) is 5.72. The Bertz CT molecular complexity index is 1480. The van der Waals surface area contributed by atoms with Gasteiger partial charge in [0, 0.05) is 16.9 Å². The van der Waals surface area contributed by atoms with Crippen LogP contribution >= 0.6 is 0 Å². The number of rotatable bonds is 5. The van der Waals surface area contributed by atoms with Crippen LogP contribution in [0.2, 0.25) is 0 Å². The minimum Gasteiger partial charge on any atom is -0.434 e. The molecule has 3 aromatic carbocycles. The SMILES string of the molecule is CC1=C(C(=O)Nc2ccc(C)cc2C)[C@@H](c2ccccc2OC(F)F)n2c(nc3ccccc32)N1. The lowest BCUT2D eigenvalue weighted by Crippen LogP contribution is -2.31. The van der Waals surface area contributed by atoms with Crippen LogP contribution in [0, 0.1) is 13.8 Å². The molecule has 178 valence electrons. The number of fused-ring (bicyclic) bond motifs is 3. The van der Waals surface area contributed by atoms with E-state index >= 15 is 0 Å². The van der Waals surface area contributed by atoms with Crippen molar-refractivity contribution in [3.8, 4) is 5.75 Å². The van der Waals surface area contributed by atoms with Crippen molar-refractivity contribution < 1.29 is 18.3 Å². The summed E-state index contributed by atoms with van der Waals surface area (Å²) in [6.45, 7) is 2.68. The van der Waals surface area contributed by atoms with Gasteiger partial charge in [0.1, 0.15) is 5.75 Å². The molecule has 0 saturated heterocycles. The van der Waals surface area contributed by atoms with E-state index in [1.807, 2.05) is 60.9 Å². The monoisotopic (exact) mass is 474 g/mol. The average molecular weight is 475 g/mol. The second-order valence-electron chi connectivity index (χ2n) is 8.55. The Morgan fingerprint density at radius 1 is 1.06 bits per heavy atom. The summed E-state index contributed by atoms with van der Waals surface area (Å²) >= 11 is 0. The second kappa shape index (κ2) is 8.87. The van der Waals surface area contributed by atoms with Crippen molar-refractivity contribution in [1.29, 1.82) is 0 Å². The van der Waals surface area contributed by atoms with Gasteiger partial charge in [-0.2, -0.15) is 8.78 Å². The van der Waals surface area contributed by atoms with E-state index in [0.717, 1.165) is 22.2 Å². The van der Waals surface area contributed by atoms with E-state index in [-0.39, 0.29) is 11.7 Å². The fourth-order valence-corrected chi connectivity index (χ4v) is 4.61. The van der Waals surface area contributed by atoms with Gasteiger partial charge < -0.3 is 15.4 Å². The number of benzene rings is 3. The van der Waals surface area contributed by atoms with Gasteiger partial charge in [-0.05, 0) is 50.6 Å². The molecule has 0 spiro atoms. The molecule has 8 heteroatoms. The molecule has 1 amide bonds. The predicted octanol–water partition coefficient (Wildman–Crippen LogP) is 6.18. The normalized spacial score (nSPS) is 15.2. The summed E-state index contributed by atoms with van der Waals surface area (Å²) in [5, 5.41) is 6.24. The van der Waals surface area contributed by atoms with Crippen LogP contribution in [0.5, 0.6) is 5.75 Å². The van der Waals surface area contributed by atoms with Crippen LogP contribution in [-0.4, -0.2) is 22.1 Å². The maximum Gasteiger partial charge on any atom is 0.387 e. The van der Waals surface area contributed by atoms with Crippen molar-refractivity contribution in [3.05, 3.63) is 94.7 Å². The van der Waals surface area contributed by atoms with E-state index in [9.17, 15) is 13.6 Å². The zero-order chi connectivity index (χ0) is 24.7. The summed E-state index contributed by atoms with van der Waals surface area (Å²) in [7, 11) is 0. The third kappa shape index (κ3) is 4.12. The van der Waals surface area contributed by atoms with E-state index < -0.39 is 12.7 Å². The van der Waals surface area contributed by atoms with Crippen LogP contribution in [0.4, 0.5) is 20.4 Å². The number of halogens is 2. The van der Waals surface area contributed by atoms with Crippen LogP contribution in [0.3, 0.4) is 0 Å². The van der Waals surface area contributed by atoms with Crippen molar-refractivity contribution in [2.45, 2.75) is 33.4 Å². The van der Waals surface area contributed by atoms with E-state index in [4.69, 9.17) is 4.74 Å². The molecule has 35 heavy (non-hydrogen) atoms. The lowest BCUT2D eigenvalue weighted by atomic mass is 9.93. The first-order valence-corrected chi connectivity index (χ1v) is 11.2. The molecule has 1 aromatic heterocycles. The highest BCUT2D eigenvalue weighted by molar-refractivity contribution is 6.07. The fraction of sp³-hybridized carbons (Fsp3) is 0.185. The topological polar surface area (TPSA) is 68.2 Å². The second-order valence-corrected chi connectivity index (χ2v) is 8.55. The van der Waals surface area contributed by atoms with Crippen molar-refractivity contribution >= 4 is 28.6 Å². The van der Waals surface area contributed by atoms with Gasteiger partial charge in [-0.15, -0.1) is 0 Å². The molecular formula is C27H24F2N4O2. The maximum atomic E-state index is 13.8. The molecule has 0 saturated carbocycles. The first-order valence-electron chi connectivity index (χ1n) is 11.2. The molecule has 0 radical (unpaired) electrons. The third-order valence-electron chi connectivity index (χ3n) is 6.14. The van der Waals surface area contributed by atoms with Gasteiger partial charge in [-0.25, -0.2) is 4.98 Å². The molecular weight excluding hydrogens is 450 g/mol. The number of amides is 1. The first-order chi connectivity index (χ1) is 16.8. The van der Waals surface area contributed by atoms with Gasteiger partial charge in [0.2, 0.25) is 5.95 Å². The van der Waals surface area contributed by atoms with Crippen LogP contribution in [0.1, 0.15) is 29.7 Å². The number of nitrogens with zero attached hydrogens (tertiary/aromatic N) is 2. The molecule has 0 unspecified atom stereocenters. The number of alkyl halides is 2. The first kappa shape index (κ1) is 22.6. The number of aryl methyl sites for hydroxylation is 2. The Hall–Kier alpha value is -4.20. The molecule has 5 rings (SSSR count).